The first-order valence-corrected chi connectivity index (χ1v) is 9.84. The van der Waals surface area contributed by atoms with E-state index in [4.69, 9.17) is 4.52 Å². The largest absolute Gasteiger partial charge is 0.347 e. The van der Waals surface area contributed by atoms with Crippen molar-refractivity contribution in [3.8, 4) is 0 Å². The van der Waals surface area contributed by atoms with E-state index in [1.165, 1.54) is 0 Å². The summed E-state index contributed by atoms with van der Waals surface area (Å²) in [6.45, 7) is 1.89. The minimum absolute atomic E-state index is 0.155. The highest BCUT2D eigenvalue weighted by Gasteiger charge is 2.53. The fourth-order valence-electron chi connectivity index (χ4n) is 3.30. The highest BCUT2D eigenvalue weighted by Crippen LogP contribution is 2.67. The van der Waals surface area contributed by atoms with E-state index in [0.717, 1.165) is 16.7 Å². The molecule has 3 rings (SSSR count). The van der Waals surface area contributed by atoms with Crippen LogP contribution in [0.15, 0.2) is 91.0 Å². The SMILES string of the molecule is CCOP(=O)(O)C(c1ccccc1)(c1ccccc1)c1ccccc1. The van der Waals surface area contributed by atoms with Crippen LogP contribution in [-0.2, 0) is 14.2 Å². The lowest BCUT2D eigenvalue weighted by molar-refractivity contribution is 0.258. The molecule has 0 aromatic heterocycles. The van der Waals surface area contributed by atoms with E-state index in [0.29, 0.717) is 0 Å². The molecule has 0 bridgehead atoms. The van der Waals surface area contributed by atoms with Crippen LogP contribution in [0.4, 0.5) is 0 Å². The summed E-state index contributed by atoms with van der Waals surface area (Å²) in [5.41, 5.74) is 2.19. The summed E-state index contributed by atoms with van der Waals surface area (Å²) in [5, 5.41) is -1.28. The zero-order valence-corrected chi connectivity index (χ0v) is 15.0. The summed E-state index contributed by atoms with van der Waals surface area (Å²) in [6, 6.07) is 28.2. The predicted molar refractivity (Wildman–Crippen MR) is 101 cm³/mol. The van der Waals surface area contributed by atoms with E-state index in [-0.39, 0.29) is 6.61 Å². The molecule has 1 unspecified atom stereocenters. The molecule has 0 heterocycles. The second-order valence-electron chi connectivity index (χ2n) is 5.75. The van der Waals surface area contributed by atoms with Gasteiger partial charge in [0.1, 0.15) is 5.16 Å². The van der Waals surface area contributed by atoms with Crippen LogP contribution < -0.4 is 0 Å². The van der Waals surface area contributed by atoms with Crippen molar-refractivity contribution in [2.75, 3.05) is 6.61 Å². The van der Waals surface area contributed by atoms with Gasteiger partial charge in [-0.3, -0.25) is 4.57 Å². The van der Waals surface area contributed by atoms with Gasteiger partial charge in [-0.15, -0.1) is 0 Å². The highest BCUT2D eigenvalue weighted by atomic mass is 31.2. The lowest BCUT2D eigenvalue weighted by Gasteiger charge is -2.38. The van der Waals surface area contributed by atoms with E-state index in [1.54, 1.807) is 6.92 Å². The van der Waals surface area contributed by atoms with Gasteiger partial charge >= 0.3 is 7.60 Å². The number of rotatable bonds is 6. The minimum Gasteiger partial charge on any atom is -0.323 e. The van der Waals surface area contributed by atoms with Crippen molar-refractivity contribution in [3.63, 3.8) is 0 Å². The van der Waals surface area contributed by atoms with Gasteiger partial charge in [-0.25, -0.2) is 0 Å². The predicted octanol–water partition coefficient (Wildman–Crippen LogP) is 5.20. The Morgan fingerprint density at radius 1 is 0.760 bits per heavy atom. The molecule has 0 aliphatic rings. The molecular formula is C21H21O3P. The average Bonchev–Trinajstić information content (AvgIpc) is 2.65. The van der Waals surface area contributed by atoms with E-state index < -0.39 is 12.8 Å². The molecule has 4 heteroatoms. The fraction of sp³-hybridized carbons (Fsp3) is 0.143. The third kappa shape index (κ3) is 3.07. The molecule has 3 aromatic carbocycles. The number of hydrogen-bond donors (Lipinski definition) is 1. The van der Waals surface area contributed by atoms with Crippen molar-refractivity contribution in [1.29, 1.82) is 0 Å². The standard InChI is InChI=1S/C21H21O3P/c1-2-24-25(22,23)21(18-12-6-3-7-13-18,19-14-8-4-9-15-19)20-16-10-5-11-17-20/h3-17H,2H2,1H3,(H,22,23). The van der Waals surface area contributed by atoms with Crippen LogP contribution in [0.3, 0.4) is 0 Å². The van der Waals surface area contributed by atoms with Crippen molar-refractivity contribution in [2.45, 2.75) is 12.1 Å². The lowest BCUT2D eigenvalue weighted by atomic mass is 9.84. The second kappa shape index (κ2) is 7.37. The fourth-order valence-corrected chi connectivity index (χ4v) is 5.27. The normalized spacial score (nSPS) is 14.0. The monoisotopic (exact) mass is 352 g/mol. The Kier molecular flexibility index (Phi) is 5.19. The molecule has 0 aliphatic carbocycles. The third-order valence-corrected chi connectivity index (χ3v) is 6.53. The van der Waals surface area contributed by atoms with Gasteiger partial charge in [-0.1, -0.05) is 91.0 Å². The Balaban J connectivity index is 2.43. The summed E-state index contributed by atoms with van der Waals surface area (Å²) in [4.78, 5) is 11.1. The van der Waals surface area contributed by atoms with Crippen molar-refractivity contribution in [2.24, 2.45) is 0 Å². The molecule has 3 nitrogen and oxygen atoms in total. The number of benzene rings is 3. The maximum atomic E-state index is 13.6. The molecule has 0 spiro atoms. The van der Waals surface area contributed by atoms with Crippen molar-refractivity contribution in [3.05, 3.63) is 108 Å². The first-order valence-electron chi connectivity index (χ1n) is 8.27. The molecule has 0 saturated carbocycles. The highest BCUT2D eigenvalue weighted by molar-refractivity contribution is 7.54. The summed E-state index contributed by atoms with van der Waals surface area (Å²) >= 11 is 0. The van der Waals surface area contributed by atoms with Gasteiger partial charge in [0.25, 0.3) is 0 Å². The average molecular weight is 352 g/mol. The Labute approximate surface area is 148 Å². The quantitative estimate of drug-likeness (QED) is 0.490. The van der Waals surface area contributed by atoms with Crippen molar-refractivity contribution >= 4 is 7.60 Å². The second-order valence-corrected chi connectivity index (χ2v) is 7.72. The molecule has 0 amide bonds. The molecule has 3 aromatic rings. The first-order chi connectivity index (χ1) is 12.1. The Bertz CT molecular complexity index is 751. The summed E-state index contributed by atoms with van der Waals surface area (Å²) < 4.78 is 19.0. The van der Waals surface area contributed by atoms with Crippen LogP contribution in [0, 0.1) is 0 Å². The van der Waals surface area contributed by atoms with Gasteiger partial charge in [0.15, 0.2) is 0 Å². The smallest absolute Gasteiger partial charge is 0.323 e. The van der Waals surface area contributed by atoms with Gasteiger partial charge in [0.2, 0.25) is 0 Å². The van der Waals surface area contributed by atoms with E-state index in [1.807, 2.05) is 91.0 Å². The summed E-state index contributed by atoms with van der Waals surface area (Å²) in [6.07, 6.45) is 0. The molecule has 25 heavy (non-hydrogen) atoms. The third-order valence-electron chi connectivity index (χ3n) is 4.30. The summed E-state index contributed by atoms with van der Waals surface area (Å²) in [7, 11) is -4.10. The zero-order chi connectivity index (χ0) is 17.8. The Morgan fingerprint density at radius 2 is 1.08 bits per heavy atom. The van der Waals surface area contributed by atoms with Gasteiger partial charge < -0.3 is 9.42 Å². The molecular weight excluding hydrogens is 331 g/mol. The van der Waals surface area contributed by atoms with E-state index in [2.05, 4.69) is 0 Å². The topological polar surface area (TPSA) is 46.5 Å². The Morgan fingerprint density at radius 3 is 1.36 bits per heavy atom. The van der Waals surface area contributed by atoms with Crippen LogP contribution in [-0.4, -0.2) is 11.5 Å². The van der Waals surface area contributed by atoms with Crippen LogP contribution >= 0.6 is 7.60 Å². The van der Waals surface area contributed by atoms with Crippen molar-refractivity contribution in [1.82, 2.24) is 0 Å². The van der Waals surface area contributed by atoms with E-state index in [9.17, 15) is 9.46 Å². The van der Waals surface area contributed by atoms with Crippen molar-refractivity contribution < 1.29 is 14.0 Å². The first kappa shape index (κ1) is 17.6. The molecule has 0 fully saturated rings. The number of hydrogen-bond acceptors (Lipinski definition) is 2. The molecule has 0 aliphatic heterocycles. The van der Waals surface area contributed by atoms with Crippen LogP contribution in [0.25, 0.3) is 0 Å². The molecule has 1 atom stereocenters. The molecule has 0 radical (unpaired) electrons. The van der Waals surface area contributed by atoms with Gasteiger partial charge in [0.05, 0.1) is 6.61 Å². The van der Waals surface area contributed by atoms with Gasteiger partial charge in [-0.2, -0.15) is 0 Å². The maximum absolute atomic E-state index is 13.6. The van der Waals surface area contributed by atoms with Crippen LogP contribution in [0.2, 0.25) is 0 Å². The van der Waals surface area contributed by atoms with Gasteiger partial charge in [0, 0.05) is 0 Å². The molecule has 0 saturated heterocycles. The Hall–Kier alpha value is -2.19. The zero-order valence-electron chi connectivity index (χ0n) is 14.1. The summed E-state index contributed by atoms with van der Waals surface area (Å²) in [5.74, 6) is 0. The van der Waals surface area contributed by atoms with Crippen LogP contribution in [0.1, 0.15) is 23.6 Å². The van der Waals surface area contributed by atoms with Crippen LogP contribution in [0.5, 0.6) is 0 Å². The maximum Gasteiger partial charge on any atom is 0.347 e. The lowest BCUT2D eigenvalue weighted by Crippen LogP contribution is -2.30. The molecule has 128 valence electrons. The van der Waals surface area contributed by atoms with E-state index >= 15 is 0 Å². The van der Waals surface area contributed by atoms with Gasteiger partial charge in [-0.05, 0) is 23.6 Å². The minimum atomic E-state index is -4.10. The molecule has 1 N–H and O–H groups in total.